The van der Waals surface area contributed by atoms with Gasteiger partial charge in [-0.3, -0.25) is 0 Å². The number of benzene rings is 5. The minimum Gasteiger partial charge on any atom is -0.222 e. The molecule has 0 aliphatic carbocycles. The molecule has 0 saturated carbocycles. The highest BCUT2D eigenvalue weighted by atomic mass is 127. The van der Waals surface area contributed by atoms with Crippen LogP contribution in [0, 0.1) is 41.5 Å². The first kappa shape index (κ1) is 37.2. The zero-order valence-corrected chi connectivity index (χ0v) is 29.1. The van der Waals surface area contributed by atoms with Crippen molar-refractivity contribution in [3.8, 4) is 0 Å². The SMILES string of the molecule is Cc1ccccc1[S+](c1ccc(Sc2ccc([I+]c3ccccc3)cc2)cc1)c1ccccc1C.[O-][Cl+3]([O-])([O-])[O-].[O-][Cl+3]([O-])([O-])[O-]. The topological polar surface area (TPSA) is 184 Å². The molecule has 0 saturated heterocycles. The maximum atomic E-state index is 8.49. The summed E-state index contributed by atoms with van der Waals surface area (Å²) in [7, 11) is -10.0. The van der Waals surface area contributed by atoms with Crippen molar-refractivity contribution < 1.29 is 79.0 Å². The average molecular weight is 802 g/mol. The van der Waals surface area contributed by atoms with Crippen LogP contribution in [0.4, 0.5) is 0 Å². The predicted molar refractivity (Wildman–Crippen MR) is 145 cm³/mol. The van der Waals surface area contributed by atoms with Crippen molar-refractivity contribution in [2.45, 2.75) is 38.3 Å². The van der Waals surface area contributed by atoms with E-state index < -0.39 is 20.5 Å². The number of hydrogen-bond donors (Lipinski definition) is 0. The van der Waals surface area contributed by atoms with Gasteiger partial charge in [-0.05, 0) is 86.6 Å². The fraction of sp³-hybridized carbons (Fsp3) is 0.0625. The summed E-state index contributed by atoms with van der Waals surface area (Å²) < 4.78 is 70.9. The Balaban J connectivity index is 0.000000482. The monoisotopic (exact) mass is 800 g/mol. The smallest absolute Gasteiger partial charge is 0.222 e. The zero-order chi connectivity index (χ0) is 33.0. The van der Waals surface area contributed by atoms with Gasteiger partial charge in [0.1, 0.15) is 0 Å². The number of rotatable bonds is 7. The summed E-state index contributed by atoms with van der Waals surface area (Å²) in [6, 6.07) is 46.7. The normalized spacial score (nSPS) is 11.3. The third-order valence-corrected chi connectivity index (χ3v) is 11.9. The van der Waals surface area contributed by atoms with Crippen LogP contribution in [-0.4, -0.2) is 0 Å². The molecule has 236 valence electrons. The molecule has 0 aromatic heterocycles. The van der Waals surface area contributed by atoms with Crippen molar-refractivity contribution in [3.05, 3.63) is 146 Å². The number of halogens is 3. The van der Waals surface area contributed by atoms with Gasteiger partial charge >= 0.3 is 21.2 Å². The van der Waals surface area contributed by atoms with Crippen LogP contribution in [0.15, 0.2) is 152 Å². The lowest BCUT2D eigenvalue weighted by atomic mass is 10.2. The fourth-order valence-corrected chi connectivity index (χ4v) is 9.28. The summed E-state index contributed by atoms with van der Waals surface area (Å²) in [5.41, 5.74) is 2.69. The van der Waals surface area contributed by atoms with Gasteiger partial charge in [-0.1, -0.05) is 66.4 Å². The van der Waals surface area contributed by atoms with Gasteiger partial charge in [-0.15, -0.1) is 20.5 Å². The first-order chi connectivity index (χ1) is 21.2. The molecule has 0 unspecified atom stereocenters. The molecule has 45 heavy (non-hydrogen) atoms. The molecule has 0 radical (unpaired) electrons. The fourth-order valence-electron chi connectivity index (χ4n) is 3.89. The van der Waals surface area contributed by atoms with E-state index >= 15 is 0 Å². The van der Waals surface area contributed by atoms with Gasteiger partial charge in [-0.2, -0.15) is 0 Å². The lowest BCUT2D eigenvalue weighted by Gasteiger charge is -2.17. The van der Waals surface area contributed by atoms with Gasteiger partial charge in [0, 0.05) is 20.9 Å². The van der Waals surface area contributed by atoms with Crippen molar-refractivity contribution in [1.29, 1.82) is 0 Å². The van der Waals surface area contributed by atoms with Crippen LogP contribution in [0.25, 0.3) is 0 Å². The van der Waals surface area contributed by atoms with Crippen molar-refractivity contribution in [2.75, 3.05) is 0 Å². The van der Waals surface area contributed by atoms with Gasteiger partial charge in [0.05, 0.1) is 10.9 Å². The molecule has 8 nitrogen and oxygen atoms in total. The Bertz CT molecular complexity index is 1550. The van der Waals surface area contributed by atoms with E-state index in [1.165, 1.54) is 42.7 Å². The lowest BCUT2D eigenvalue weighted by Crippen LogP contribution is -3.61. The summed E-state index contributed by atoms with van der Waals surface area (Å²) in [6.07, 6.45) is 0. The lowest BCUT2D eigenvalue weighted by molar-refractivity contribution is -2.00. The molecule has 0 amide bonds. The van der Waals surface area contributed by atoms with E-state index in [2.05, 4.69) is 141 Å². The van der Waals surface area contributed by atoms with E-state index in [0.717, 1.165) is 0 Å². The Hall–Kier alpha value is -2.21. The van der Waals surface area contributed by atoms with E-state index in [9.17, 15) is 0 Å². The van der Waals surface area contributed by atoms with E-state index in [0.29, 0.717) is 0 Å². The highest BCUT2D eigenvalue weighted by molar-refractivity contribution is 7.99. The highest BCUT2D eigenvalue weighted by Gasteiger charge is 2.31. The van der Waals surface area contributed by atoms with E-state index in [-0.39, 0.29) is 32.1 Å². The maximum Gasteiger partial charge on any atom is 0.357 e. The molecule has 5 aromatic rings. The molecule has 5 aromatic carbocycles. The second-order valence-corrected chi connectivity index (χ2v) is 16.7. The van der Waals surface area contributed by atoms with Crippen LogP contribution in [0.2, 0.25) is 0 Å². The first-order valence-corrected chi connectivity index (χ1v) is 19.5. The number of hydrogen-bond acceptors (Lipinski definition) is 9. The Morgan fingerprint density at radius 1 is 0.467 bits per heavy atom. The summed E-state index contributed by atoms with van der Waals surface area (Å²) in [4.78, 5) is 6.73. The molecule has 0 heterocycles. The molecule has 13 heteroatoms. The zero-order valence-electron chi connectivity index (χ0n) is 23.8. The van der Waals surface area contributed by atoms with Crippen molar-refractivity contribution >= 4 is 22.7 Å². The second-order valence-electron chi connectivity index (χ2n) is 9.01. The van der Waals surface area contributed by atoms with Crippen LogP contribution in [0.5, 0.6) is 0 Å². The number of aryl methyl sites for hydroxylation is 2. The van der Waals surface area contributed by atoms with Crippen molar-refractivity contribution in [1.82, 2.24) is 0 Å². The van der Waals surface area contributed by atoms with Crippen LogP contribution < -0.4 is 58.5 Å². The first-order valence-electron chi connectivity index (χ1n) is 12.8. The van der Waals surface area contributed by atoms with Crippen LogP contribution in [0.1, 0.15) is 11.1 Å². The summed E-state index contributed by atoms with van der Waals surface area (Å²) >= 11 is 1.72. The third-order valence-electron chi connectivity index (χ3n) is 5.69. The van der Waals surface area contributed by atoms with Gasteiger partial charge in [0.15, 0.2) is 21.8 Å². The minimum atomic E-state index is -4.94. The van der Waals surface area contributed by atoms with E-state index in [1.54, 1.807) is 0 Å². The standard InChI is InChI=1S/C32H27IS2.2ClHO4/c1-24-10-6-8-14-31(24)35(32-15-9-7-11-25(32)2)30-22-20-29(21-23-30)34-28-18-16-27(17-19-28)33-26-12-4-3-5-13-26;2*2-1(3,4)5/h3-23H,1-2H3;2*(H,2,3,4,5)/q+2;;/p-2. The highest BCUT2D eigenvalue weighted by Crippen LogP contribution is 2.36. The van der Waals surface area contributed by atoms with Crippen molar-refractivity contribution in [3.63, 3.8) is 0 Å². The van der Waals surface area contributed by atoms with Gasteiger partial charge in [0.2, 0.25) is 0 Å². The molecule has 0 bridgehead atoms. The largest absolute Gasteiger partial charge is 0.357 e. The predicted octanol–water partition coefficient (Wildman–Crippen LogP) is -3.83. The summed E-state index contributed by atoms with van der Waals surface area (Å²) in [5.74, 6) is 0. The molecular weight excluding hydrogens is 774 g/mol. The molecule has 0 atom stereocenters. The Morgan fingerprint density at radius 2 is 0.822 bits per heavy atom. The molecule has 0 fully saturated rings. The van der Waals surface area contributed by atoms with E-state index in [4.69, 9.17) is 37.3 Å². The molecule has 0 N–H and O–H groups in total. The molecule has 0 aliphatic rings. The van der Waals surface area contributed by atoms with Gasteiger partial charge in [0.25, 0.3) is 0 Å². The average Bonchev–Trinajstić information content (AvgIpc) is 2.96. The Labute approximate surface area is 283 Å². The maximum absolute atomic E-state index is 8.49. The van der Waals surface area contributed by atoms with Crippen LogP contribution in [0.3, 0.4) is 0 Å². The summed E-state index contributed by atoms with van der Waals surface area (Å²) in [6.45, 7) is 4.45. The Morgan fingerprint density at radius 3 is 1.24 bits per heavy atom. The van der Waals surface area contributed by atoms with E-state index in [1.807, 2.05) is 11.8 Å². The van der Waals surface area contributed by atoms with Gasteiger partial charge in [-0.25, -0.2) is 37.3 Å². The van der Waals surface area contributed by atoms with Crippen LogP contribution >= 0.6 is 11.8 Å². The van der Waals surface area contributed by atoms with Crippen molar-refractivity contribution in [2.24, 2.45) is 0 Å². The minimum absolute atomic E-state index is 0.116. The second kappa shape index (κ2) is 17.6. The molecule has 0 aliphatic heterocycles. The molecule has 5 rings (SSSR count). The Kier molecular flexibility index (Phi) is 14.6. The summed E-state index contributed by atoms with van der Waals surface area (Å²) in [5, 5.41) is 0. The molecular formula is C32H27Cl2IO8S2. The molecule has 0 spiro atoms. The quantitative estimate of drug-likeness (QED) is 0.118. The third kappa shape index (κ3) is 14.4. The van der Waals surface area contributed by atoms with Gasteiger partial charge < -0.3 is 0 Å². The van der Waals surface area contributed by atoms with Crippen LogP contribution in [-0.2, 0) is 10.9 Å².